The van der Waals surface area contributed by atoms with Crippen LogP contribution >= 0.6 is 0 Å². The molecule has 1 fully saturated rings. The Kier molecular flexibility index (Phi) is 4.43. The highest BCUT2D eigenvalue weighted by Gasteiger charge is 2.48. The first kappa shape index (κ1) is 15.4. The zero-order valence-electron chi connectivity index (χ0n) is 13.3. The molecule has 1 aliphatic carbocycles. The van der Waals surface area contributed by atoms with E-state index in [4.69, 9.17) is 4.74 Å². The Morgan fingerprint density at radius 3 is 2.45 bits per heavy atom. The van der Waals surface area contributed by atoms with Crippen LogP contribution in [0.4, 0.5) is 0 Å². The first-order chi connectivity index (χ1) is 9.39. The zero-order valence-corrected chi connectivity index (χ0v) is 13.3. The number of hydrogen-bond acceptors (Lipinski definition) is 2. The van der Waals surface area contributed by atoms with Crippen LogP contribution in [0.15, 0.2) is 24.3 Å². The number of methoxy groups -OCH3 is 1. The van der Waals surface area contributed by atoms with Gasteiger partial charge in [-0.2, -0.15) is 0 Å². The third kappa shape index (κ3) is 2.85. The predicted molar refractivity (Wildman–Crippen MR) is 83.1 cm³/mol. The minimum Gasteiger partial charge on any atom is -0.497 e. The van der Waals surface area contributed by atoms with Gasteiger partial charge in [0.1, 0.15) is 5.75 Å². The van der Waals surface area contributed by atoms with Crippen LogP contribution in [0.25, 0.3) is 0 Å². The van der Waals surface area contributed by atoms with E-state index >= 15 is 0 Å². The molecule has 2 heteroatoms. The summed E-state index contributed by atoms with van der Waals surface area (Å²) in [6.07, 6.45) is 5.26. The summed E-state index contributed by atoms with van der Waals surface area (Å²) in [5.41, 5.74) is 0.732. The topological polar surface area (TPSA) is 29.5 Å². The van der Waals surface area contributed by atoms with Crippen molar-refractivity contribution in [3.8, 4) is 5.75 Å². The fourth-order valence-corrected chi connectivity index (χ4v) is 3.68. The Morgan fingerprint density at radius 1 is 1.25 bits per heavy atom. The van der Waals surface area contributed by atoms with Crippen LogP contribution in [0, 0.1) is 11.3 Å². The number of aryl methyl sites for hydroxylation is 1. The van der Waals surface area contributed by atoms with Crippen LogP contribution in [0.3, 0.4) is 0 Å². The molecule has 0 radical (unpaired) electrons. The van der Waals surface area contributed by atoms with E-state index in [0.29, 0.717) is 5.92 Å². The van der Waals surface area contributed by atoms with Crippen molar-refractivity contribution >= 4 is 0 Å². The normalized spacial score (nSPS) is 29.1. The van der Waals surface area contributed by atoms with E-state index in [0.717, 1.165) is 31.4 Å². The van der Waals surface area contributed by atoms with Gasteiger partial charge in [0, 0.05) is 0 Å². The molecule has 1 aromatic rings. The van der Waals surface area contributed by atoms with Crippen molar-refractivity contribution in [2.24, 2.45) is 11.3 Å². The van der Waals surface area contributed by atoms with E-state index in [1.54, 1.807) is 7.11 Å². The van der Waals surface area contributed by atoms with E-state index < -0.39 is 5.60 Å². The number of ether oxygens (including phenoxy) is 1. The second-order valence-electron chi connectivity index (χ2n) is 6.95. The van der Waals surface area contributed by atoms with E-state index in [-0.39, 0.29) is 5.41 Å². The molecule has 0 heterocycles. The first-order valence-electron chi connectivity index (χ1n) is 7.74. The lowest BCUT2D eigenvalue weighted by atomic mass is 9.59. The quantitative estimate of drug-likeness (QED) is 0.893. The minimum absolute atomic E-state index is 0.0110. The monoisotopic (exact) mass is 276 g/mol. The Bertz CT molecular complexity index is 435. The largest absolute Gasteiger partial charge is 0.497 e. The molecule has 2 unspecified atom stereocenters. The van der Waals surface area contributed by atoms with Gasteiger partial charge >= 0.3 is 0 Å². The second kappa shape index (κ2) is 5.77. The van der Waals surface area contributed by atoms with Crippen LogP contribution in [0.2, 0.25) is 0 Å². The summed E-state index contributed by atoms with van der Waals surface area (Å²) in [7, 11) is 1.68. The lowest BCUT2D eigenvalue weighted by Gasteiger charge is -2.51. The molecule has 112 valence electrons. The molecular weight excluding hydrogens is 248 g/mol. The maximum absolute atomic E-state index is 11.2. The molecule has 1 saturated carbocycles. The summed E-state index contributed by atoms with van der Waals surface area (Å²) in [5, 5.41) is 11.2. The lowest BCUT2D eigenvalue weighted by Crippen LogP contribution is -2.52. The highest BCUT2D eigenvalue weighted by atomic mass is 16.5. The molecule has 1 aromatic carbocycles. The average Bonchev–Trinajstić information content (AvgIpc) is 2.43. The average molecular weight is 276 g/mol. The number of hydrogen-bond donors (Lipinski definition) is 1. The lowest BCUT2D eigenvalue weighted by molar-refractivity contribution is -0.137. The van der Waals surface area contributed by atoms with Gasteiger partial charge < -0.3 is 9.84 Å². The zero-order chi connectivity index (χ0) is 14.8. The van der Waals surface area contributed by atoms with Crippen molar-refractivity contribution in [3.63, 3.8) is 0 Å². The third-order valence-electron chi connectivity index (χ3n) is 5.38. The molecule has 1 aliphatic rings. The van der Waals surface area contributed by atoms with Crippen molar-refractivity contribution < 1.29 is 9.84 Å². The molecule has 0 bridgehead atoms. The van der Waals surface area contributed by atoms with Crippen LogP contribution in [-0.4, -0.2) is 17.8 Å². The molecule has 0 amide bonds. The molecule has 2 nitrogen and oxygen atoms in total. The molecular formula is C18H28O2. The van der Waals surface area contributed by atoms with Gasteiger partial charge in [-0.3, -0.25) is 0 Å². The minimum atomic E-state index is -0.550. The van der Waals surface area contributed by atoms with E-state index in [2.05, 4.69) is 32.9 Å². The van der Waals surface area contributed by atoms with Gasteiger partial charge in [-0.15, -0.1) is 0 Å². The number of aliphatic hydroxyl groups is 1. The Balaban J connectivity index is 2.06. The summed E-state index contributed by atoms with van der Waals surface area (Å²) in [5.74, 6) is 1.27. The van der Waals surface area contributed by atoms with E-state index in [9.17, 15) is 5.11 Å². The molecule has 2 rings (SSSR count). The summed E-state index contributed by atoms with van der Waals surface area (Å²) in [4.78, 5) is 0. The van der Waals surface area contributed by atoms with Crippen LogP contribution < -0.4 is 4.74 Å². The SMILES string of the molecule is COc1ccc(CCC2(O)C(C)CCCC2(C)C)cc1. The second-order valence-corrected chi connectivity index (χ2v) is 6.95. The summed E-state index contributed by atoms with van der Waals surface area (Å²) < 4.78 is 5.18. The first-order valence-corrected chi connectivity index (χ1v) is 7.74. The van der Waals surface area contributed by atoms with Crippen molar-refractivity contribution in [1.82, 2.24) is 0 Å². The molecule has 0 aliphatic heterocycles. The summed E-state index contributed by atoms with van der Waals surface area (Å²) in [6.45, 7) is 6.64. The summed E-state index contributed by atoms with van der Waals surface area (Å²) in [6, 6.07) is 8.19. The number of rotatable bonds is 4. The Labute approximate surface area is 123 Å². The van der Waals surface area contributed by atoms with Crippen LogP contribution in [0.1, 0.15) is 52.0 Å². The van der Waals surface area contributed by atoms with E-state index in [1.807, 2.05) is 12.1 Å². The van der Waals surface area contributed by atoms with Crippen molar-refractivity contribution in [1.29, 1.82) is 0 Å². The Hall–Kier alpha value is -1.02. The summed E-state index contributed by atoms with van der Waals surface area (Å²) >= 11 is 0. The molecule has 2 atom stereocenters. The van der Waals surface area contributed by atoms with Gasteiger partial charge in [0.05, 0.1) is 12.7 Å². The molecule has 20 heavy (non-hydrogen) atoms. The molecule has 0 aromatic heterocycles. The highest BCUT2D eigenvalue weighted by Crippen LogP contribution is 2.49. The van der Waals surface area contributed by atoms with Crippen molar-refractivity contribution in [3.05, 3.63) is 29.8 Å². The van der Waals surface area contributed by atoms with Crippen LogP contribution in [0.5, 0.6) is 5.75 Å². The number of benzene rings is 1. The van der Waals surface area contributed by atoms with Gasteiger partial charge in [0.25, 0.3) is 0 Å². The fraction of sp³-hybridized carbons (Fsp3) is 0.667. The molecule has 0 spiro atoms. The van der Waals surface area contributed by atoms with Gasteiger partial charge in [-0.1, -0.05) is 39.3 Å². The smallest absolute Gasteiger partial charge is 0.118 e. The van der Waals surface area contributed by atoms with Crippen LogP contribution in [-0.2, 0) is 6.42 Å². The highest BCUT2D eigenvalue weighted by molar-refractivity contribution is 5.27. The third-order valence-corrected chi connectivity index (χ3v) is 5.38. The predicted octanol–water partition coefficient (Wildman–Crippen LogP) is 4.21. The van der Waals surface area contributed by atoms with Gasteiger partial charge in [0.15, 0.2) is 0 Å². The van der Waals surface area contributed by atoms with E-state index in [1.165, 1.54) is 12.0 Å². The maximum Gasteiger partial charge on any atom is 0.118 e. The molecule has 1 N–H and O–H groups in total. The standard InChI is InChI=1S/C18H28O2/c1-14-6-5-12-17(2,3)18(14,19)13-11-15-7-9-16(20-4)10-8-15/h7-10,14,19H,5-6,11-13H2,1-4H3. The van der Waals surface area contributed by atoms with Gasteiger partial charge in [-0.25, -0.2) is 0 Å². The fourth-order valence-electron chi connectivity index (χ4n) is 3.68. The van der Waals surface area contributed by atoms with Crippen molar-refractivity contribution in [2.45, 2.75) is 58.5 Å². The van der Waals surface area contributed by atoms with Gasteiger partial charge in [0.2, 0.25) is 0 Å². The maximum atomic E-state index is 11.2. The Morgan fingerprint density at radius 2 is 1.90 bits per heavy atom. The van der Waals surface area contributed by atoms with Crippen molar-refractivity contribution in [2.75, 3.05) is 7.11 Å². The molecule has 0 saturated heterocycles. The van der Waals surface area contributed by atoms with Gasteiger partial charge in [-0.05, 0) is 54.7 Å².